The van der Waals surface area contributed by atoms with E-state index < -0.39 is 10.0 Å². The fourth-order valence-electron chi connectivity index (χ4n) is 3.29. The van der Waals surface area contributed by atoms with Crippen molar-refractivity contribution in [2.75, 3.05) is 33.3 Å². The Labute approximate surface area is 157 Å². The molecule has 2 fully saturated rings. The van der Waals surface area contributed by atoms with Gasteiger partial charge in [-0.3, -0.25) is 4.79 Å². The molecule has 0 spiro atoms. The smallest absolute Gasteiger partial charge is 0.254 e. The van der Waals surface area contributed by atoms with E-state index >= 15 is 0 Å². The Kier molecular flexibility index (Phi) is 5.82. The minimum absolute atomic E-state index is 0.0595. The van der Waals surface area contributed by atoms with Crippen LogP contribution in [0.2, 0.25) is 0 Å². The third kappa shape index (κ3) is 4.07. The highest BCUT2D eigenvalue weighted by atomic mass is 79.9. The van der Waals surface area contributed by atoms with Crippen LogP contribution < -0.4 is 0 Å². The number of carbonyl (C=O) groups excluding carboxylic acids is 1. The monoisotopic (exact) mass is 430 g/mol. The molecular weight excluding hydrogens is 408 g/mol. The van der Waals surface area contributed by atoms with Crippen molar-refractivity contribution < 1.29 is 17.9 Å². The lowest BCUT2D eigenvalue weighted by Gasteiger charge is -2.22. The average molecular weight is 431 g/mol. The predicted molar refractivity (Wildman–Crippen MR) is 98.1 cm³/mol. The molecule has 0 N–H and O–H groups in total. The summed E-state index contributed by atoms with van der Waals surface area (Å²) in [6.07, 6.45) is 3.78. The molecule has 2 aliphatic rings. The van der Waals surface area contributed by atoms with Gasteiger partial charge in [-0.1, -0.05) is 0 Å². The van der Waals surface area contributed by atoms with Gasteiger partial charge >= 0.3 is 0 Å². The van der Waals surface area contributed by atoms with Crippen molar-refractivity contribution in [3.8, 4) is 0 Å². The van der Waals surface area contributed by atoms with Crippen LogP contribution in [0.5, 0.6) is 0 Å². The molecule has 0 aliphatic carbocycles. The van der Waals surface area contributed by atoms with E-state index in [9.17, 15) is 13.2 Å². The number of halogens is 1. The van der Waals surface area contributed by atoms with E-state index in [0.29, 0.717) is 29.7 Å². The molecule has 2 saturated heterocycles. The first-order valence-electron chi connectivity index (χ1n) is 8.56. The lowest BCUT2D eigenvalue weighted by Crippen LogP contribution is -2.34. The number of likely N-dealkylation sites (N-methyl/N-ethyl adjacent to an activating group) is 1. The second-order valence-electron chi connectivity index (χ2n) is 6.57. The summed E-state index contributed by atoms with van der Waals surface area (Å²) < 4.78 is 33.1. The van der Waals surface area contributed by atoms with Crippen molar-refractivity contribution in [1.82, 2.24) is 9.21 Å². The molecule has 8 heteroatoms. The van der Waals surface area contributed by atoms with Gasteiger partial charge in [0.2, 0.25) is 10.0 Å². The quantitative estimate of drug-likeness (QED) is 0.719. The fourth-order valence-corrected chi connectivity index (χ4v) is 5.25. The summed E-state index contributed by atoms with van der Waals surface area (Å²) in [5.74, 6) is -0.208. The van der Waals surface area contributed by atoms with E-state index in [2.05, 4.69) is 15.9 Å². The molecule has 6 nitrogen and oxygen atoms in total. The molecule has 1 aromatic carbocycles. The summed E-state index contributed by atoms with van der Waals surface area (Å²) in [5, 5.41) is 0. The maximum absolute atomic E-state index is 12.8. The SMILES string of the molecule is CN(CC1CCCO1)C(=O)c1cc(S(=O)(=O)N2CCCC2)ccc1Br. The molecule has 3 rings (SSSR count). The van der Waals surface area contributed by atoms with Gasteiger partial charge < -0.3 is 9.64 Å². The Morgan fingerprint density at radius 3 is 2.68 bits per heavy atom. The molecule has 2 heterocycles. The van der Waals surface area contributed by atoms with Crippen LogP contribution in [0.3, 0.4) is 0 Å². The van der Waals surface area contributed by atoms with Crippen LogP contribution in [0.25, 0.3) is 0 Å². The molecule has 0 bridgehead atoms. The Balaban J connectivity index is 1.82. The number of sulfonamides is 1. The minimum atomic E-state index is -3.54. The Morgan fingerprint density at radius 1 is 1.32 bits per heavy atom. The van der Waals surface area contributed by atoms with Crippen molar-refractivity contribution in [1.29, 1.82) is 0 Å². The zero-order chi connectivity index (χ0) is 18.0. The topological polar surface area (TPSA) is 66.9 Å². The molecule has 0 saturated carbocycles. The molecule has 0 radical (unpaired) electrons. The average Bonchev–Trinajstić information content (AvgIpc) is 3.28. The first kappa shape index (κ1) is 18.8. The molecule has 1 unspecified atom stereocenters. The summed E-state index contributed by atoms with van der Waals surface area (Å²) in [7, 11) is -1.82. The lowest BCUT2D eigenvalue weighted by atomic mass is 10.2. The molecule has 1 aromatic rings. The van der Waals surface area contributed by atoms with Gasteiger partial charge in [0.05, 0.1) is 16.6 Å². The summed E-state index contributed by atoms with van der Waals surface area (Å²) >= 11 is 3.38. The zero-order valence-corrected chi connectivity index (χ0v) is 16.7. The third-order valence-electron chi connectivity index (χ3n) is 4.72. The zero-order valence-electron chi connectivity index (χ0n) is 14.3. The Morgan fingerprint density at radius 2 is 2.04 bits per heavy atom. The summed E-state index contributed by atoms with van der Waals surface area (Å²) in [6.45, 7) is 2.33. The highest BCUT2D eigenvalue weighted by Gasteiger charge is 2.29. The molecule has 2 aliphatic heterocycles. The van der Waals surface area contributed by atoms with Crippen LogP contribution in [-0.2, 0) is 14.8 Å². The van der Waals surface area contributed by atoms with E-state index in [0.717, 1.165) is 32.3 Å². The van der Waals surface area contributed by atoms with Gasteiger partial charge in [-0.2, -0.15) is 4.31 Å². The van der Waals surface area contributed by atoms with Crippen molar-refractivity contribution >= 4 is 31.9 Å². The van der Waals surface area contributed by atoms with E-state index in [4.69, 9.17) is 4.74 Å². The number of rotatable bonds is 5. The number of ether oxygens (including phenoxy) is 1. The molecular formula is C17H23BrN2O4S. The maximum Gasteiger partial charge on any atom is 0.254 e. The van der Waals surface area contributed by atoms with Gasteiger partial charge in [-0.05, 0) is 59.8 Å². The Hall–Kier alpha value is -0.960. The van der Waals surface area contributed by atoms with Crippen molar-refractivity contribution in [3.63, 3.8) is 0 Å². The van der Waals surface area contributed by atoms with Crippen LogP contribution >= 0.6 is 15.9 Å². The van der Waals surface area contributed by atoms with Gasteiger partial charge in [0.25, 0.3) is 5.91 Å². The molecule has 1 amide bonds. The van der Waals surface area contributed by atoms with Crippen molar-refractivity contribution in [2.45, 2.75) is 36.7 Å². The van der Waals surface area contributed by atoms with Crippen LogP contribution in [0.15, 0.2) is 27.6 Å². The van der Waals surface area contributed by atoms with Gasteiger partial charge in [-0.15, -0.1) is 0 Å². The number of amides is 1. The number of benzene rings is 1. The fraction of sp³-hybridized carbons (Fsp3) is 0.588. The van der Waals surface area contributed by atoms with Crippen LogP contribution in [0, 0.1) is 0 Å². The van der Waals surface area contributed by atoms with Crippen LogP contribution in [0.4, 0.5) is 0 Å². The molecule has 1 atom stereocenters. The molecule has 138 valence electrons. The van der Waals surface area contributed by atoms with E-state index in [1.54, 1.807) is 24.1 Å². The molecule has 25 heavy (non-hydrogen) atoms. The van der Waals surface area contributed by atoms with Gasteiger partial charge in [-0.25, -0.2) is 8.42 Å². The largest absolute Gasteiger partial charge is 0.376 e. The second-order valence-corrected chi connectivity index (χ2v) is 9.37. The van der Waals surface area contributed by atoms with Gasteiger partial charge in [0, 0.05) is 37.8 Å². The Bertz CT molecular complexity index is 741. The highest BCUT2D eigenvalue weighted by Crippen LogP contribution is 2.26. The predicted octanol–water partition coefficient (Wildman–Crippen LogP) is 2.48. The summed E-state index contributed by atoms with van der Waals surface area (Å²) in [6, 6.07) is 4.66. The summed E-state index contributed by atoms with van der Waals surface area (Å²) in [5.41, 5.74) is 0.362. The first-order chi connectivity index (χ1) is 11.9. The number of hydrogen-bond acceptors (Lipinski definition) is 4. The van der Waals surface area contributed by atoms with Crippen LogP contribution in [0.1, 0.15) is 36.0 Å². The van der Waals surface area contributed by atoms with E-state index in [1.165, 1.54) is 10.4 Å². The third-order valence-corrected chi connectivity index (χ3v) is 7.31. The number of nitrogens with zero attached hydrogens (tertiary/aromatic N) is 2. The van der Waals surface area contributed by atoms with Gasteiger partial charge in [0.1, 0.15) is 0 Å². The summed E-state index contributed by atoms with van der Waals surface area (Å²) in [4.78, 5) is 14.6. The normalized spacial score (nSPS) is 21.6. The minimum Gasteiger partial charge on any atom is -0.376 e. The van der Waals surface area contributed by atoms with Crippen LogP contribution in [-0.4, -0.2) is 62.9 Å². The highest BCUT2D eigenvalue weighted by molar-refractivity contribution is 9.10. The first-order valence-corrected chi connectivity index (χ1v) is 10.8. The van der Waals surface area contributed by atoms with Gasteiger partial charge in [0.15, 0.2) is 0 Å². The number of carbonyl (C=O) groups is 1. The lowest BCUT2D eigenvalue weighted by molar-refractivity contribution is 0.0586. The van der Waals surface area contributed by atoms with Crippen molar-refractivity contribution in [2.24, 2.45) is 0 Å². The van der Waals surface area contributed by atoms with E-state index in [-0.39, 0.29) is 16.9 Å². The maximum atomic E-state index is 12.8. The molecule has 0 aromatic heterocycles. The standard InChI is InChI=1S/C17H23BrN2O4S/c1-19(12-13-5-4-10-24-13)17(21)15-11-14(6-7-16(15)18)25(22,23)20-8-2-3-9-20/h6-7,11,13H,2-5,8-10,12H2,1H3. The number of hydrogen-bond donors (Lipinski definition) is 0. The second kappa shape index (κ2) is 7.73. The van der Waals surface area contributed by atoms with E-state index in [1.807, 2.05) is 0 Å². The van der Waals surface area contributed by atoms with Crippen molar-refractivity contribution in [3.05, 3.63) is 28.2 Å².